The molecule has 136 valence electrons. The summed E-state index contributed by atoms with van der Waals surface area (Å²) in [5.74, 6) is 0.528. The van der Waals surface area contributed by atoms with Crippen LogP contribution in [-0.2, 0) is 24.7 Å². The van der Waals surface area contributed by atoms with Crippen molar-refractivity contribution in [3.63, 3.8) is 0 Å². The summed E-state index contributed by atoms with van der Waals surface area (Å²) < 4.78 is 5.47. The number of ether oxygens (including phenoxy) is 1. The highest BCUT2D eigenvalue weighted by atomic mass is 16.5. The number of rotatable bonds is 2. The lowest BCUT2D eigenvalue weighted by molar-refractivity contribution is 0.0628. The van der Waals surface area contributed by atoms with Crippen molar-refractivity contribution < 1.29 is 9.53 Å². The lowest BCUT2D eigenvalue weighted by Crippen LogP contribution is -2.48. The Bertz CT molecular complexity index is 875. The van der Waals surface area contributed by atoms with Crippen molar-refractivity contribution in [3.05, 3.63) is 40.3 Å². The second-order valence-corrected chi connectivity index (χ2v) is 7.89. The molecule has 0 bridgehead atoms. The zero-order valence-electron chi connectivity index (χ0n) is 15.2. The van der Waals surface area contributed by atoms with Crippen molar-refractivity contribution in [1.29, 1.82) is 0 Å². The average Bonchev–Trinajstić information content (AvgIpc) is 3.38. The molecule has 2 aliphatic carbocycles. The molecule has 0 saturated carbocycles. The number of aromatic nitrogens is 3. The first-order valence-corrected chi connectivity index (χ1v) is 9.59. The predicted molar refractivity (Wildman–Crippen MR) is 96.5 cm³/mol. The van der Waals surface area contributed by atoms with E-state index < -0.39 is 0 Å². The van der Waals surface area contributed by atoms with Gasteiger partial charge in [-0.1, -0.05) is 0 Å². The number of aryl methyl sites for hydroxylation is 3. The predicted octanol–water partition coefficient (Wildman–Crippen LogP) is 2.42. The third-order valence-electron chi connectivity index (χ3n) is 6.42. The van der Waals surface area contributed by atoms with Crippen molar-refractivity contribution >= 4 is 5.91 Å². The van der Waals surface area contributed by atoms with Gasteiger partial charge in [0.1, 0.15) is 5.56 Å². The molecule has 1 saturated heterocycles. The van der Waals surface area contributed by atoms with Crippen LogP contribution in [0, 0.1) is 0 Å². The van der Waals surface area contributed by atoms with E-state index in [9.17, 15) is 4.79 Å². The minimum absolute atomic E-state index is 0.0388. The number of carbonyl (C=O) groups excluding carboxylic acids is 1. The van der Waals surface area contributed by atoms with Gasteiger partial charge in [-0.3, -0.25) is 9.89 Å². The summed E-state index contributed by atoms with van der Waals surface area (Å²) in [7, 11) is 1.60. The Hall–Kier alpha value is -2.37. The summed E-state index contributed by atoms with van der Waals surface area (Å²) >= 11 is 0. The maximum atomic E-state index is 13.3. The van der Waals surface area contributed by atoms with Gasteiger partial charge in [-0.05, 0) is 62.1 Å². The molecule has 1 spiro atoms. The van der Waals surface area contributed by atoms with Gasteiger partial charge in [0.05, 0.1) is 13.3 Å². The molecule has 1 fully saturated rings. The van der Waals surface area contributed by atoms with E-state index in [4.69, 9.17) is 4.74 Å². The Kier molecular flexibility index (Phi) is 3.55. The number of H-pyrrole nitrogens is 1. The first kappa shape index (κ1) is 15.9. The highest BCUT2D eigenvalue weighted by molar-refractivity contribution is 5.97. The first-order valence-electron chi connectivity index (χ1n) is 9.59. The van der Waals surface area contributed by atoms with Crippen LogP contribution in [0.15, 0.2) is 12.3 Å². The largest absolute Gasteiger partial charge is 0.480 e. The van der Waals surface area contributed by atoms with E-state index in [1.165, 1.54) is 16.8 Å². The minimum atomic E-state index is 0.0388. The monoisotopic (exact) mass is 352 g/mol. The summed E-state index contributed by atoms with van der Waals surface area (Å²) in [5, 5.41) is 7.44. The molecule has 2 aromatic heterocycles. The number of carbonyl (C=O) groups is 1. The van der Waals surface area contributed by atoms with Gasteiger partial charge in [-0.15, -0.1) is 0 Å². The summed E-state index contributed by atoms with van der Waals surface area (Å²) in [4.78, 5) is 20.0. The van der Waals surface area contributed by atoms with Crippen molar-refractivity contribution in [2.75, 3.05) is 20.2 Å². The lowest BCUT2D eigenvalue weighted by atomic mass is 9.77. The topological polar surface area (TPSA) is 71.1 Å². The number of amides is 1. The number of hydrogen-bond acceptors (Lipinski definition) is 4. The number of pyridine rings is 1. The van der Waals surface area contributed by atoms with Crippen LogP contribution in [0.2, 0.25) is 0 Å². The van der Waals surface area contributed by atoms with Gasteiger partial charge in [0.15, 0.2) is 0 Å². The van der Waals surface area contributed by atoms with Crippen LogP contribution in [0.5, 0.6) is 5.88 Å². The molecule has 1 unspecified atom stereocenters. The van der Waals surface area contributed by atoms with E-state index in [1.54, 1.807) is 7.11 Å². The number of aromatic amines is 1. The Morgan fingerprint density at radius 3 is 3.04 bits per heavy atom. The molecule has 1 atom stereocenters. The molecule has 5 rings (SSSR count). The SMILES string of the molecule is COc1nc2c(cc1C(=O)N1CCCC3(CCc4cn[nH]c43)C1)CCC2. The molecule has 1 amide bonds. The van der Waals surface area contributed by atoms with E-state index in [-0.39, 0.29) is 11.3 Å². The normalized spacial score (nSPS) is 24.0. The van der Waals surface area contributed by atoms with Crippen molar-refractivity contribution in [1.82, 2.24) is 20.1 Å². The molecule has 6 nitrogen and oxygen atoms in total. The van der Waals surface area contributed by atoms with Crippen LogP contribution in [0.25, 0.3) is 0 Å². The fraction of sp³-hybridized carbons (Fsp3) is 0.550. The number of hydrogen-bond donors (Lipinski definition) is 1. The van der Waals surface area contributed by atoms with Gasteiger partial charge in [0, 0.05) is 29.9 Å². The Morgan fingerprint density at radius 2 is 2.15 bits per heavy atom. The summed E-state index contributed by atoms with van der Waals surface area (Å²) in [6.45, 7) is 1.55. The van der Waals surface area contributed by atoms with Crippen molar-refractivity contribution in [2.45, 2.75) is 50.4 Å². The van der Waals surface area contributed by atoms with Crippen LogP contribution in [-0.4, -0.2) is 46.2 Å². The van der Waals surface area contributed by atoms with E-state index in [2.05, 4.69) is 15.2 Å². The maximum Gasteiger partial charge on any atom is 0.259 e. The van der Waals surface area contributed by atoms with Crippen molar-refractivity contribution in [3.8, 4) is 5.88 Å². The highest BCUT2D eigenvalue weighted by Gasteiger charge is 2.45. The van der Waals surface area contributed by atoms with E-state index >= 15 is 0 Å². The molecule has 1 N–H and O–H groups in total. The van der Waals surface area contributed by atoms with Crippen LogP contribution < -0.4 is 4.74 Å². The molecule has 1 aliphatic heterocycles. The number of nitrogens with zero attached hydrogens (tertiary/aromatic N) is 3. The van der Waals surface area contributed by atoms with Gasteiger partial charge in [0.2, 0.25) is 5.88 Å². The van der Waals surface area contributed by atoms with Crippen LogP contribution in [0.1, 0.15) is 58.6 Å². The van der Waals surface area contributed by atoms with Crippen LogP contribution in [0.3, 0.4) is 0 Å². The smallest absolute Gasteiger partial charge is 0.259 e. The molecule has 3 aliphatic rings. The third kappa shape index (κ3) is 2.27. The van der Waals surface area contributed by atoms with E-state index in [0.29, 0.717) is 11.4 Å². The number of nitrogens with one attached hydrogen (secondary N) is 1. The molecular formula is C20H24N4O2. The molecular weight excluding hydrogens is 328 g/mol. The first-order chi connectivity index (χ1) is 12.7. The fourth-order valence-electron chi connectivity index (χ4n) is 5.10. The molecule has 6 heteroatoms. The van der Waals surface area contributed by atoms with Gasteiger partial charge in [0.25, 0.3) is 5.91 Å². The van der Waals surface area contributed by atoms with Gasteiger partial charge in [-0.25, -0.2) is 4.98 Å². The standard InChI is InChI=1S/C20H24N4O2/c1-26-18-15(10-13-4-2-5-16(13)22-18)19(25)24-9-3-7-20(12-24)8-6-14-11-21-23-17(14)20/h10-11H,2-9,12H2,1H3,(H,21,23). The van der Waals surface area contributed by atoms with Gasteiger partial charge >= 0.3 is 0 Å². The molecule has 3 heterocycles. The number of fused-ring (bicyclic) bond motifs is 3. The fourth-order valence-corrected chi connectivity index (χ4v) is 5.10. The minimum Gasteiger partial charge on any atom is -0.480 e. The number of likely N-dealkylation sites (tertiary alicyclic amines) is 1. The van der Waals surface area contributed by atoms with Crippen LogP contribution in [0.4, 0.5) is 0 Å². The quantitative estimate of drug-likeness (QED) is 0.901. The molecule has 0 radical (unpaired) electrons. The Morgan fingerprint density at radius 1 is 1.23 bits per heavy atom. The third-order valence-corrected chi connectivity index (χ3v) is 6.42. The van der Waals surface area contributed by atoms with E-state index in [0.717, 1.165) is 63.7 Å². The van der Waals surface area contributed by atoms with Crippen LogP contribution >= 0.6 is 0 Å². The summed E-state index contributed by atoms with van der Waals surface area (Å²) in [5.41, 5.74) is 5.51. The molecule has 0 aromatic carbocycles. The maximum absolute atomic E-state index is 13.3. The molecule has 26 heavy (non-hydrogen) atoms. The number of methoxy groups -OCH3 is 1. The van der Waals surface area contributed by atoms with Crippen molar-refractivity contribution in [2.24, 2.45) is 0 Å². The highest BCUT2D eigenvalue weighted by Crippen LogP contribution is 2.44. The zero-order valence-corrected chi connectivity index (χ0v) is 15.2. The van der Waals surface area contributed by atoms with E-state index in [1.807, 2.05) is 17.2 Å². The summed E-state index contributed by atoms with van der Waals surface area (Å²) in [6, 6.07) is 2.02. The zero-order chi connectivity index (χ0) is 17.7. The summed E-state index contributed by atoms with van der Waals surface area (Å²) in [6.07, 6.45) is 9.33. The average molecular weight is 352 g/mol. The Balaban J connectivity index is 1.46. The van der Waals surface area contributed by atoms with Gasteiger partial charge < -0.3 is 9.64 Å². The second-order valence-electron chi connectivity index (χ2n) is 7.89. The molecule has 2 aromatic rings. The second kappa shape index (κ2) is 5.83. The Labute approximate surface area is 153 Å². The lowest BCUT2D eigenvalue weighted by Gasteiger charge is -2.40. The van der Waals surface area contributed by atoms with Gasteiger partial charge in [-0.2, -0.15) is 5.10 Å². The number of piperidine rings is 1.